The number of carbonyl (C=O) groups excluding carboxylic acids is 1. The van der Waals surface area contributed by atoms with Crippen LogP contribution >= 0.6 is 23.2 Å². The number of nitrogens with zero attached hydrogens (tertiary/aromatic N) is 4. The fourth-order valence-corrected chi connectivity index (χ4v) is 5.46. The van der Waals surface area contributed by atoms with Crippen molar-refractivity contribution in [1.82, 2.24) is 19.2 Å². The number of amides is 1. The molecular weight excluding hydrogens is 459 g/mol. The molecule has 0 saturated carbocycles. The topological polar surface area (TPSA) is 83.5 Å². The molecule has 4 rings (SSSR count). The number of carbonyl (C=O) groups is 1. The van der Waals surface area contributed by atoms with Crippen LogP contribution in [0.5, 0.6) is 0 Å². The van der Waals surface area contributed by atoms with Gasteiger partial charge in [-0.2, -0.15) is 4.31 Å². The Hall–Kier alpha value is -2.52. The van der Waals surface area contributed by atoms with Gasteiger partial charge in [-0.3, -0.25) is 4.79 Å². The normalized spacial score (nSPS) is 15.1. The van der Waals surface area contributed by atoms with Crippen molar-refractivity contribution in [3.8, 4) is 11.4 Å². The summed E-state index contributed by atoms with van der Waals surface area (Å²) in [6, 6.07) is 13.8. The third kappa shape index (κ3) is 4.57. The summed E-state index contributed by atoms with van der Waals surface area (Å²) >= 11 is 12.0. The Morgan fingerprint density at radius 3 is 2.19 bits per heavy atom. The van der Waals surface area contributed by atoms with E-state index in [2.05, 4.69) is 9.97 Å². The highest BCUT2D eigenvalue weighted by Gasteiger charge is 2.32. The van der Waals surface area contributed by atoms with Gasteiger partial charge in [0.05, 0.1) is 10.6 Å². The smallest absolute Gasteiger partial charge is 0.257 e. The molecule has 0 bridgehead atoms. The van der Waals surface area contributed by atoms with E-state index in [0.717, 1.165) is 5.56 Å². The maximum atomic E-state index is 12.9. The fraction of sp³-hybridized carbons (Fsp3) is 0.190. The van der Waals surface area contributed by atoms with Crippen molar-refractivity contribution in [2.75, 3.05) is 26.2 Å². The molecule has 1 aromatic heterocycles. The number of aromatic nitrogens is 2. The second-order valence-electron chi connectivity index (χ2n) is 6.93. The molecular formula is C21H18Cl2N4O3S. The Morgan fingerprint density at radius 1 is 0.903 bits per heavy atom. The van der Waals surface area contributed by atoms with Crippen molar-refractivity contribution in [3.63, 3.8) is 0 Å². The van der Waals surface area contributed by atoms with Gasteiger partial charge in [0.15, 0.2) is 5.82 Å². The van der Waals surface area contributed by atoms with Gasteiger partial charge in [-0.1, -0.05) is 53.5 Å². The Balaban J connectivity index is 1.44. The molecule has 0 unspecified atom stereocenters. The van der Waals surface area contributed by atoms with Crippen LogP contribution in [0.4, 0.5) is 0 Å². The SMILES string of the molecule is O=C(c1cnc(-c2ccccc2)nc1)N1CCN(S(=O)(=O)c2cc(Cl)ccc2Cl)CC1. The quantitative estimate of drug-likeness (QED) is 0.574. The lowest BCUT2D eigenvalue weighted by Crippen LogP contribution is -2.50. The summed E-state index contributed by atoms with van der Waals surface area (Å²) in [6.45, 7) is 0.799. The second-order valence-corrected chi connectivity index (χ2v) is 9.68. The molecule has 31 heavy (non-hydrogen) atoms. The van der Waals surface area contributed by atoms with Crippen LogP contribution in [0.25, 0.3) is 11.4 Å². The summed E-state index contributed by atoms with van der Waals surface area (Å²) in [6.07, 6.45) is 2.99. The number of halogens is 2. The number of sulfonamides is 1. The summed E-state index contributed by atoms with van der Waals surface area (Å²) in [5.41, 5.74) is 1.22. The van der Waals surface area contributed by atoms with Crippen molar-refractivity contribution in [1.29, 1.82) is 0 Å². The van der Waals surface area contributed by atoms with Gasteiger partial charge in [0.2, 0.25) is 10.0 Å². The molecule has 0 N–H and O–H groups in total. The van der Waals surface area contributed by atoms with Gasteiger partial charge >= 0.3 is 0 Å². The zero-order valence-corrected chi connectivity index (χ0v) is 18.6. The second kappa shape index (κ2) is 8.92. The lowest BCUT2D eigenvalue weighted by Gasteiger charge is -2.34. The van der Waals surface area contributed by atoms with Crippen molar-refractivity contribution in [2.24, 2.45) is 0 Å². The molecule has 1 aliphatic heterocycles. The van der Waals surface area contributed by atoms with Crippen LogP contribution in [0.1, 0.15) is 10.4 Å². The number of hydrogen-bond donors (Lipinski definition) is 0. The zero-order valence-electron chi connectivity index (χ0n) is 16.3. The van der Waals surface area contributed by atoms with E-state index in [9.17, 15) is 13.2 Å². The van der Waals surface area contributed by atoms with Crippen LogP contribution in [0.3, 0.4) is 0 Å². The lowest BCUT2D eigenvalue weighted by molar-refractivity contribution is 0.0697. The zero-order chi connectivity index (χ0) is 22.0. The molecule has 0 atom stereocenters. The van der Waals surface area contributed by atoms with E-state index in [0.29, 0.717) is 11.4 Å². The largest absolute Gasteiger partial charge is 0.336 e. The van der Waals surface area contributed by atoms with Crippen LogP contribution < -0.4 is 0 Å². The first kappa shape index (κ1) is 21.7. The standard InChI is InChI=1S/C21H18Cl2N4O3S/c22-17-6-7-18(23)19(12-17)31(29,30)27-10-8-26(9-11-27)21(28)16-13-24-20(25-14-16)15-4-2-1-3-5-15/h1-7,12-14H,8-11H2. The minimum Gasteiger partial charge on any atom is -0.336 e. The molecule has 2 heterocycles. The van der Waals surface area contributed by atoms with Gasteiger partial charge in [0.25, 0.3) is 5.91 Å². The van der Waals surface area contributed by atoms with Gasteiger partial charge in [-0.25, -0.2) is 18.4 Å². The first-order valence-electron chi connectivity index (χ1n) is 9.48. The first-order chi connectivity index (χ1) is 14.9. The van der Waals surface area contributed by atoms with Gasteiger partial charge in [0, 0.05) is 49.2 Å². The maximum Gasteiger partial charge on any atom is 0.257 e. The molecule has 1 fully saturated rings. The van der Waals surface area contributed by atoms with Gasteiger partial charge in [0.1, 0.15) is 4.90 Å². The summed E-state index contributed by atoms with van der Waals surface area (Å²) < 4.78 is 27.2. The molecule has 10 heteroatoms. The van der Waals surface area contributed by atoms with Crippen LogP contribution in [0.2, 0.25) is 10.0 Å². The van der Waals surface area contributed by atoms with E-state index in [1.807, 2.05) is 30.3 Å². The van der Waals surface area contributed by atoms with Crippen molar-refractivity contribution in [3.05, 3.63) is 76.5 Å². The van der Waals surface area contributed by atoms with Crippen LogP contribution in [0.15, 0.2) is 65.8 Å². The first-order valence-corrected chi connectivity index (χ1v) is 11.7. The lowest BCUT2D eigenvalue weighted by atomic mass is 10.2. The summed E-state index contributed by atoms with van der Waals surface area (Å²) in [7, 11) is -3.81. The van der Waals surface area contributed by atoms with E-state index < -0.39 is 10.0 Å². The predicted molar refractivity (Wildman–Crippen MR) is 119 cm³/mol. The molecule has 0 spiro atoms. The van der Waals surface area contributed by atoms with Crippen molar-refractivity contribution >= 4 is 39.1 Å². The molecule has 1 saturated heterocycles. The van der Waals surface area contributed by atoms with Crippen molar-refractivity contribution < 1.29 is 13.2 Å². The maximum absolute atomic E-state index is 12.9. The van der Waals surface area contributed by atoms with Crippen LogP contribution in [-0.4, -0.2) is 59.7 Å². The van der Waals surface area contributed by atoms with E-state index in [1.165, 1.54) is 34.9 Å². The minimum atomic E-state index is -3.81. The third-order valence-corrected chi connectivity index (χ3v) is 7.58. The van der Waals surface area contributed by atoms with E-state index in [1.54, 1.807) is 4.90 Å². The van der Waals surface area contributed by atoms with Gasteiger partial charge in [-0.05, 0) is 18.2 Å². The molecule has 2 aromatic carbocycles. The highest BCUT2D eigenvalue weighted by molar-refractivity contribution is 7.89. The van der Waals surface area contributed by atoms with E-state index >= 15 is 0 Å². The Labute approximate surface area is 190 Å². The van der Waals surface area contributed by atoms with Crippen LogP contribution in [-0.2, 0) is 10.0 Å². The molecule has 160 valence electrons. The molecule has 1 amide bonds. The Kier molecular flexibility index (Phi) is 6.24. The van der Waals surface area contributed by atoms with Crippen molar-refractivity contribution in [2.45, 2.75) is 4.90 Å². The molecule has 1 aliphatic rings. The summed E-state index contributed by atoms with van der Waals surface area (Å²) in [5, 5.41) is 0.397. The summed E-state index contributed by atoms with van der Waals surface area (Å²) in [4.78, 5) is 22.9. The molecule has 0 aliphatic carbocycles. The predicted octanol–water partition coefficient (Wildman–Crippen LogP) is 3.60. The minimum absolute atomic E-state index is 0.0358. The number of benzene rings is 2. The molecule has 0 radical (unpaired) electrons. The number of hydrogen-bond acceptors (Lipinski definition) is 5. The number of piperazine rings is 1. The highest BCUT2D eigenvalue weighted by atomic mass is 35.5. The van der Waals surface area contributed by atoms with E-state index in [4.69, 9.17) is 23.2 Å². The molecule has 3 aromatic rings. The highest BCUT2D eigenvalue weighted by Crippen LogP contribution is 2.28. The average Bonchev–Trinajstić information content (AvgIpc) is 2.81. The fourth-order valence-electron chi connectivity index (χ4n) is 3.30. The molecule has 7 nitrogen and oxygen atoms in total. The monoisotopic (exact) mass is 476 g/mol. The average molecular weight is 477 g/mol. The van der Waals surface area contributed by atoms with Gasteiger partial charge < -0.3 is 4.90 Å². The Bertz CT molecular complexity index is 1200. The third-order valence-electron chi connectivity index (χ3n) is 4.97. The van der Waals surface area contributed by atoms with Gasteiger partial charge in [-0.15, -0.1) is 0 Å². The van der Waals surface area contributed by atoms with E-state index in [-0.39, 0.29) is 47.0 Å². The van der Waals surface area contributed by atoms with Crippen LogP contribution in [0, 0.1) is 0 Å². The number of rotatable bonds is 4. The Morgan fingerprint density at radius 2 is 1.55 bits per heavy atom. The summed E-state index contributed by atoms with van der Waals surface area (Å²) in [5.74, 6) is 0.295.